The normalized spacial score (nSPS) is 19.7. The van der Waals surface area contributed by atoms with Gasteiger partial charge in [-0.3, -0.25) is 18.7 Å². The number of hydrogen-bond donors (Lipinski definition) is 9. The minimum Gasteiger partial charge on any atom is -0.382 e. The first-order valence-corrected chi connectivity index (χ1v) is 38.0. The average Bonchev–Trinajstić information content (AvgIpc) is 1.62. The fourth-order valence-corrected chi connectivity index (χ4v) is 16.4. The largest absolute Gasteiger partial charge is 0.490 e. The number of fused-ring (bicyclic) bond motifs is 3. The molecule has 0 bridgehead atoms. The third-order valence-electron chi connectivity index (χ3n) is 15.3. The lowest BCUT2D eigenvalue weighted by Gasteiger charge is -2.25. The zero-order valence-electron chi connectivity index (χ0n) is 53.2. The number of unbranched alkanes of at least 4 members (excludes halogenated alkanes) is 2. The number of phosphoric acid groups is 3. The van der Waals surface area contributed by atoms with Crippen LogP contribution in [-0.2, 0) is 75.7 Å². The lowest BCUT2D eigenvalue weighted by atomic mass is 9.81. The standard InChI is InChI=1S/C59H86N9O18P3S4/c1-8-66-45-20-18-41(90)33-43(45)58(4,5)49(66)15-11-9-12-16-50-59(6,7)44-34-42(91)19-21-46(44)67(50)24-14-10-13-17-51(69)61-23-26-79-28-30-81-32-31-80-29-27-78-25-22-52(70)62-37-57(2,3)93-92-40-82-47-35-53(68-39-65-54-55(60)63-38-64-56(54)68)84-48(47)36-83-88(74,75)86-89(76,77)85-87(71,72)73/h9,11-12,15-16,18-21,33-34,38-39,47-48,53H,8,10,13-14,17,22-32,35-37,40H2,1-7H3,(H9-,60,61,62,63,64,69,70,71,72,73,74,75,76,77,90,91)/p+1/t47-,48-,53-/m1/s1. The summed E-state index contributed by atoms with van der Waals surface area (Å²) in [6, 6.07) is 12.8. The summed E-state index contributed by atoms with van der Waals surface area (Å²) in [7, 11) is -14.1. The lowest BCUT2D eigenvalue weighted by Crippen LogP contribution is -2.36. The number of rotatable bonds is 40. The van der Waals surface area contributed by atoms with E-state index < -0.39 is 53.3 Å². The number of imidazole rings is 1. The number of carbonyl (C=O) groups excluding carboxylic acids is 2. The molecule has 514 valence electrons. The van der Waals surface area contributed by atoms with Crippen LogP contribution in [0.4, 0.5) is 17.2 Å². The summed E-state index contributed by atoms with van der Waals surface area (Å²) in [5.41, 5.74) is 13.7. The molecule has 2 aromatic heterocycles. The van der Waals surface area contributed by atoms with E-state index in [2.05, 4.69) is 164 Å². The molecule has 0 aliphatic carbocycles. The zero-order chi connectivity index (χ0) is 67.6. The number of nitrogens with one attached hydrogen (secondary N) is 2. The van der Waals surface area contributed by atoms with Gasteiger partial charge in [0.25, 0.3) is 0 Å². The second kappa shape index (κ2) is 35.0. The molecule has 2 unspecified atom stereocenters. The van der Waals surface area contributed by atoms with E-state index in [4.69, 9.17) is 48.5 Å². The van der Waals surface area contributed by atoms with E-state index >= 15 is 0 Å². The summed E-state index contributed by atoms with van der Waals surface area (Å²) >= 11 is 9.30. The predicted molar refractivity (Wildman–Crippen MR) is 362 cm³/mol. The minimum absolute atomic E-state index is 0.00321. The van der Waals surface area contributed by atoms with Gasteiger partial charge in [0.15, 0.2) is 17.2 Å². The maximum atomic E-state index is 12.7. The molecular weight excluding hydrogens is 1340 g/mol. The van der Waals surface area contributed by atoms with E-state index in [0.717, 1.165) is 42.1 Å². The Morgan fingerprint density at radius 1 is 0.817 bits per heavy atom. The summed E-state index contributed by atoms with van der Waals surface area (Å²) < 4.78 is 86.0. The van der Waals surface area contributed by atoms with Gasteiger partial charge in [0.05, 0.1) is 77.3 Å². The van der Waals surface area contributed by atoms with Gasteiger partial charge in [0.2, 0.25) is 17.5 Å². The number of amides is 2. The van der Waals surface area contributed by atoms with Crippen LogP contribution in [0.15, 0.2) is 94.9 Å². The van der Waals surface area contributed by atoms with E-state index in [0.29, 0.717) is 76.9 Å². The first-order valence-electron chi connectivity index (χ1n) is 30.3. The lowest BCUT2D eigenvalue weighted by molar-refractivity contribution is -0.438. The van der Waals surface area contributed by atoms with Gasteiger partial charge < -0.3 is 69.3 Å². The van der Waals surface area contributed by atoms with Crippen molar-refractivity contribution < 1.29 is 89.0 Å². The monoisotopic (exact) mass is 1430 g/mol. The van der Waals surface area contributed by atoms with Crippen molar-refractivity contribution in [2.75, 3.05) is 102 Å². The molecule has 4 aromatic rings. The maximum absolute atomic E-state index is 12.7. The van der Waals surface area contributed by atoms with Gasteiger partial charge in [-0.1, -0.05) is 53.7 Å². The van der Waals surface area contributed by atoms with Crippen LogP contribution < -0.4 is 21.3 Å². The predicted octanol–water partition coefficient (Wildman–Crippen LogP) is 9.26. The van der Waals surface area contributed by atoms with Crippen LogP contribution in [0.1, 0.15) is 104 Å². The number of ether oxygens (including phenoxy) is 6. The number of aromatic nitrogens is 4. The second-order valence-corrected chi connectivity index (χ2v) is 31.9. The molecule has 0 spiro atoms. The third kappa shape index (κ3) is 22.8. The van der Waals surface area contributed by atoms with E-state index in [1.54, 1.807) is 4.57 Å². The van der Waals surface area contributed by atoms with Crippen LogP contribution in [0.2, 0.25) is 0 Å². The Balaban J connectivity index is 0.693. The number of phosphoric ester groups is 1. The Kier molecular flexibility index (Phi) is 28.7. The van der Waals surface area contributed by atoms with Crippen LogP contribution in [0.25, 0.3) is 11.2 Å². The van der Waals surface area contributed by atoms with Crippen LogP contribution in [0.5, 0.6) is 0 Å². The van der Waals surface area contributed by atoms with Crippen molar-refractivity contribution in [1.82, 2.24) is 30.2 Å². The molecular formula is C59H87N9O18P3S4+. The summed E-state index contributed by atoms with van der Waals surface area (Å²) in [5.74, 6) is -0.0189. The molecule has 2 aromatic carbocycles. The number of nitrogens with two attached hydrogens (primary N) is 1. The number of allylic oxidation sites excluding steroid dienone is 6. The Labute approximate surface area is 561 Å². The van der Waals surface area contributed by atoms with Crippen molar-refractivity contribution in [3.63, 3.8) is 0 Å². The fourth-order valence-electron chi connectivity index (χ4n) is 10.8. The molecule has 1 fully saturated rings. The Morgan fingerprint density at radius 2 is 1.48 bits per heavy atom. The highest BCUT2D eigenvalue weighted by atomic mass is 33.1. The van der Waals surface area contributed by atoms with Crippen LogP contribution >= 0.6 is 70.3 Å². The Morgan fingerprint density at radius 3 is 2.18 bits per heavy atom. The number of hydrogen-bond acceptors (Lipinski definition) is 23. The highest BCUT2D eigenvalue weighted by Gasteiger charge is 2.46. The highest BCUT2D eigenvalue weighted by Crippen LogP contribution is 2.66. The number of benzene rings is 2. The Hall–Kier alpha value is -4.01. The quantitative estimate of drug-likeness (QED) is 0.00381. The van der Waals surface area contributed by atoms with Gasteiger partial charge >= 0.3 is 23.5 Å². The van der Waals surface area contributed by atoms with E-state index in [-0.39, 0.29) is 53.8 Å². The molecule has 7 rings (SSSR count). The van der Waals surface area contributed by atoms with Gasteiger partial charge in [0.1, 0.15) is 36.7 Å². The maximum Gasteiger partial charge on any atom is 0.490 e. The molecule has 8 N–H and O–H groups in total. The molecule has 27 nitrogen and oxygen atoms in total. The van der Waals surface area contributed by atoms with E-state index in [1.807, 2.05) is 19.9 Å². The van der Waals surface area contributed by atoms with Crippen molar-refractivity contribution in [1.29, 1.82) is 0 Å². The molecule has 3 aliphatic heterocycles. The Bertz CT molecular complexity index is 3480. The number of nitrogen functional groups attached to an aromatic ring is 1. The number of nitrogens with zero attached hydrogens (tertiary/aromatic N) is 6. The molecule has 3 aliphatic rings. The third-order valence-corrected chi connectivity index (χ3v) is 22.6. The highest BCUT2D eigenvalue weighted by molar-refractivity contribution is 8.77. The molecule has 0 saturated carbocycles. The van der Waals surface area contributed by atoms with Gasteiger partial charge in [0, 0.05) is 94.4 Å². The van der Waals surface area contributed by atoms with Crippen LogP contribution in [-0.4, -0.2) is 170 Å². The van der Waals surface area contributed by atoms with Gasteiger partial charge in [-0.15, -0.1) is 25.3 Å². The molecule has 93 heavy (non-hydrogen) atoms. The SMILES string of the molecule is CCN1/C(=C/C=C/C=C/C2=[N+](CCCCCC(=O)NCCOCCOCCOCCOCCC(=O)NCC(C)(C)SSCO[C@@H]3C[C@H](n4cnc5c(N)ncnc54)O[C@@H]3COP(=O)(O)OP(=O)(O)OP(=O)(O)O)c3ccc(S)cc3C2(C)C)C(C)(C)c2cc(S)ccc21. The topological polar surface area (TPSA) is 349 Å². The summed E-state index contributed by atoms with van der Waals surface area (Å²) in [6.45, 7) is 19.5. The van der Waals surface area contributed by atoms with Gasteiger partial charge in [-0.05, 0) is 89.4 Å². The smallest absolute Gasteiger partial charge is 0.382 e. The number of thiol groups is 2. The second-order valence-electron chi connectivity index (χ2n) is 23.5. The molecule has 1 saturated heterocycles. The van der Waals surface area contributed by atoms with Crippen molar-refractivity contribution in [3.8, 4) is 0 Å². The summed E-state index contributed by atoms with van der Waals surface area (Å²) in [5, 5.41) is 5.86. The molecule has 2 amide bonds. The molecule has 34 heteroatoms. The van der Waals surface area contributed by atoms with Crippen LogP contribution in [0.3, 0.4) is 0 Å². The number of likely N-dealkylation sites (N-methyl/N-ethyl adjacent to an activating group) is 1. The summed E-state index contributed by atoms with van der Waals surface area (Å²) in [4.78, 5) is 79.3. The van der Waals surface area contributed by atoms with E-state index in [1.165, 1.54) is 68.2 Å². The van der Waals surface area contributed by atoms with E-state index in [9.17, 15) is 33.1 Å². The summed E-state index contributed by atoms with van der Waals surface area (Å²) in [6.07, 6.45) is 14.1. The average molecular weight is 1430 g/mol. The molecule has 5 atom stereocenters. The van der Waals surface area contributed by atoms with Crippen molar-refractivity contribution in [3.05, 3.63) is 96.3 Å². The first kappa shape index (κ1) is 76.4. The number of carbonyl (C=O) groups is 2. The first-order chi connectivity index (χ1) is 44.0. The van der Waals surface area contributed by atoms with Crippen molar-refractivity contribution in [2.24, 2.45) is 0 Å². The van der Waals surface area contributed by atoms with Gasteiger partial charge in [-0.2, -0.15) is 13.2 Å². The van der Waals surface area contributed by atoms with Gasteiger partial charge in [-0.25, -0.2) is 28.6 Å². The van der Waals surface area contributed by atoms with Crippen molar-refractivity contribution >= 4 is 116 Å². The minimum atomic E-state index is -5.75. The van der Waals surface area contributed by atoms with Crippen molar-refractivity contribution in [2.45, 2.75) is 131 Å². The molecule has 0 radical (unpaired) electrons. The molecule has 5 heterocycles. The zero-order valence-corrected chi connectivity index (χ0v) is 59.3. The van der Waals surface area contributed by atoms with Crippen LogP contribution in [0, 0.1) is 0 Å². The fraction of sp³-hybridized carbons (Fsp3) is 0.559. The number of anilines is 2.